The molecule has 4 rings (SSSR count). The van der Waals surface area contributed by atoms with Crippen LogP contribution in [0.25, 0.3) is 0 Å². The highest BCUT2D eigenvalue weighted by molar-refractivity contribution is 7.89. The fraction of sp³-hybridized carbons (Fsp3) is 0.759. The second kappa shape index (κ2) is 29.1. The maximum Gasteiger partial charge on any atom is 0.329 e. The van der Waals surface area contributed by atoms with Crippen molar-refractivity contribution < 1.29 is 76.5 Å². The minimum Gasteiger partial charge on any atom is -0.460 e. The summed E-state index contributed by atoms with van der Waals surface area (Å²) in [4.78, 5) is 72.4. The molecule has 4 aliphatic rings. The lowest BCUT2D eigenvalue weighted by molar-refractivity contribution is -0.264. The van der Waals surface area contributed by atoms with Gasteiger partial charge in [-0.3, -0.25) is 19.2 Å². The van der Waals surface area contributed by atoms with Crippen LogP contribution in [0.15, 0.2) is 47.6 Å². The first-order valence-electron chi connectivity index (χ1n) is 26.3. The molecule has 5 N–H and O–H groups in total. The predicted molar refractivity (Wildman–Crippen MR) is 273 cm³/mol. The average Bonchev–Trinajstić information content (AvgIpc) is 3.35. The number of carbonyl (C=O) groups excluding carboxylic acids is 5. The van der Waals surface area contributed by atoms with E-state index in [1.807, 2.05) is 19.9 Å². The molecule has 0 aromatic heterocycles. The quantitative estimate of drug-likeness (QED) is 0.0782. The van der Waals surface area contributed by atoms with Crippen LogP contribution in [-0.4, -0.2) is 164 Å². The Morgan fingerprint density at radius 2 is 1.62 bits per heavy atom. The molecule has 1 amide bonds. The van der Waals surface area contributed by atoms with E-state index in [2.05, 4.69) is 4.72 Å². The van der Waals surface area contributed by atoms with Crippen molar-refractivity contribution in [1.29, 1.82) is 0 Å². The van der Waals surface area contributed by atoms with Gasteiger partial charge in [-0.25, -0.2) is 17.9 Å². The van der Waals surface area contributed by atoms with Gasteiger partial charge < -0.3 is 49.0 Å². The van der Waals surface area contributed by atoms with E-state index in [9.17, 15) is 47.7 Å². The molecule has 0 unspecified atom stereocenters. The van der Waals surface area contributed by atoms with Crippen LogP contribution in [0.3, 0.4) is 0 Å². The molecule has 3 heterocycles. The summed E-state index contributed by atoms with van der Waals surface area (Å²) in [5, 5.41) is 43.2. The number of ether oxygens (including phenoxy) is 5. The SMILES string of the molecule is CO[C@@H]1C[C@H](C[C@@H](C)[C@@H]2CC(=O)[C@H](C)/C=C(\C)[C@@H](O)[C@@H](OC)C(=O)[C@H](C)C[C@H](C)/C=C/C=C/C=C(\C)[C@@H](NS(=O)(=O)CCOCCO)C[C@@H]3CC[C@@H](C)[C@@](O)(O3)C(=O)C(=O)N3CCCC[C@H]3C(=O)O2)CC[C@H]1O. The van der Waals surface area contributed by atoms with E-state index in [0.717, 1.165) is 4.90 Å². The van der Waals surface area contributed by atoms with Crippen molar-refractivity contribution in [2.45, 2.75) is 180 Å². The van der Waals surface area contributed by atoms with Gasteiger partial charge in [0, 0.05) is 51.0 Å². The molecule has 15 atom stereocenters. The smallest absolute Gasteiger partial charge is 0.329 e. The van der Waals surface area contributed by atoms with E-state index < -0.39 is 105 Å². The summed E-state index contributed by atoms with van der Waals surface area (Å²) in [6.07, 6.45) is 9.17. The number of hydrogen-bond donors (Lipinski definition) is 5. The Balaban J connectivity index is 1.74. The summed E-state index contributed by atoms with van der Waals surface area (Å²) in [5.41, 5.74) is 0.913. The molecule has 0 spiro atoms. The fourth-order valence-electron chi connectivity index (χ4n) is 10.6. The van der Waals surface area contributed by atoms with Gasteiger partial charge >= 0.3 is 5.97 Å². The van der Waals surface area contributed by atoms with Crippen LogP contribution in [0, 0.1) is 35.5 Å². The van der Waals surface area contributed by atoms with Crippen molar-refractivity contribution in [2.24, 2.45) is 35.5 Å². The summed E-state index contributed by atoms with van der Waals surface area (Å²) >= 11 is 0. The lowest BCUT2D eigenvalue weighted by Gasteiger charge is -2.43. The number of nitrogens with zero attached hydrogens (tertiary/aromatic N) is 1. The van der Waals surface area contributed by atoms with Gasteiger partial charge in [-0.2, -0.15) is 0 Å². The number of allylic oxidation sites excluding steroid dienone is 6. The summed E-state index contributed by atoms with van der Waals surface area (Å²) < 4.78 is 58.3. The summed E-state index contributed by atoms with van der Waals surface area (Å²) in [6, 6.07) is -2.13. The number of amides is 1. The van der Waals surface area contributed by atoms with Gasteiger partial charge in [0.05, 0.1) is 43.9 Å². The Morgan fingerprint density at radius 1 is 0.890 bits per heavy atom. The van der Waals surface area contributed by atoms with Crippen LogP contribution in [0.2, 0.25) is 0 Å². The van der Waals surface area contributed by atoms with Crippen molar-refractivity contribution in [2.75, 3.05) is 46.3 Å². The van der Waals surface area contributed by atoms with Gasteiger partial charge in [0.1, 0.15) is 30.1 Å². The zero-order chi connectivity index (χ0) is 54.2. The van der Waals surface area contributed by atoms with Gasteiger partial charge in [-0.05, 0) is 108 Å². The van der Waals surface area contributed by atoms with Crippen LogP contribution in [-0.2, 0) is 57.7 Å². The molecule has 1 saturated carbocycles. The standard InChI is InChI=1S/C54H86N2O16S/c1-33-15-11-10-12-16-34(2)42(55-73(66,67)26-25-70-24-23-57)31-41-20-18-39(7)54(65,72-41)51(62)52(63)56-22-14-13-17-43(56)53(64)71-46(36(4)29-40-19-21-44(58)47(30-40)68-8)32-45(59)35(3)28-38(6)49(61)50(69-9)48(60)37(5)27-33/h10-12,15-16,28,33,35-37,39-44,46-47,49-50,55,57-58,61,65H,13-14,17-27,29-32H2,1-9H3/b12-10+,15-11+,34-16+,38-28+/t33-,35-,36-,37-,39-,40+,41+,42+,43+,44-,46+,47-,49-,50+,54-/m1/s1. The van der Waals surface area contributed by atoms with Crippen LogP contribution in [0.5, 0.6) is 0 Å². The van der Waals surface area contributed by atoms with Crippen LogP contribution >= 0.6 is 0 Å². The molecular weight excluding hydrogens is 965 g/mol. The molecule has 3 aliphatic heterocycles. The number of nitrogens with one attached hydrogen (secondary N) is 1. The normalized spacial score (nSPS) is 37.5. The molecule has 414 valence electrons. The second-order valence-corrected chi connectivity index (χ2v) is 23.1. The number of Topliss-reactive ketones (excluding diaryl/α,β-unsaturated/α-hetero) is 3. The predicted octanol–water partition coefficient (Wildman–Crippen LogP) is 4.46. The van der Waals surface area contributed by atoms with Crippen molar-refractivity contribution in [1.82, 2.24) is 9.62 Å². The summed E-state index contributed by atoms with van der Waals surface area (Å²) in [5.74, 6) is -9.43. The average molecular weight is 1050 g/mol. The Morgan fingerprint density at radius 3 is 2.30 bits per heavy atom. The van der Waals surface area contributed by atoms with Gasteiger partial charge in [0.2, 0.25) is 15.8 Å². The third kappa shape index (κ3) is 17.8. The first kappa shape index (κ1) is 62.0. The summed E-state index contributed by atoms with van der Waals surface area (Å²) in [7, 11) is -1.09. The molecular formula is C54H86N2O16S. The highest BCUT2D eigenvalue weighted by atomic mass is 32.2. The monoisotopic (exact) mass is 1050 g/mol. The number of rotatable bonds is 12. The number of fused-ring (bicyclic) bond motifs is 3. The van der Waals surface area contributed by atoms with Gasteiger partial charge in [-0.15, -0.1) is 0 Å². The van der Waals surface area contributed by atoms with E-state index in [1.165, 1.54) is 7.11 Å². The zero-order valence-electron chi connectivity index (χ0n) is 44.6. The maximum atomic E-state index is 14.5. The first-order chi connectivity index (χ1) is 34.5. The number of sulfonamides is 1. The van der Waals surface area contributed by atoms with Crippen LogP contribution < -0.4 is 4.72 Å². The number of hydrogen-bond acceptors (Lipinski definition) is 16. The van der Waals surface area contributed by atoms with E-state index in [-0.39, 0.29) is 81.6 Å². The number of aliphatic hydroxyl groups excluding tert-OH is 3. The molecule has 3 fully saturated rings. The van der Waals surface area contributed by atoms with Crippen molar-refractivity contribution in [3.8, 4) is 0 Å². The van der Waals surface area contributed by atoms with Crippen LogP contribution in [0.1, 0.15) is 126 Å². The lowest BCUT2D eigenvalue weighted by Crippen LogP contribution is -2.61. The molecule has 0 radical (unpaired) electrons. The summed E-state index contributed by atoms with van der Waals surface area (Å²) in [6.45, 7) is 11.7. The number of piperidine rings is 1. The molecule has 2 saturated heterocycles. The third-order valence-corrected chi connectivity index (χ3v) is 16.7. The Hall–Kier alpha value is -3.50. The molecule has 73 heavy (non-hydrogen) atoms. The van der Waals surface area contributed by atoms with Gasteiger partial charge in [0.15, 0.2) is 5.78 Å². The highest BCUT2D eigenvalue weighted by Gasteiger charge is 2.53. The Labute approximate surface area is 433 Å². The number of esters is 1. The lowest BCUT2D eigenvalue weighted by atomic mass is 9.78. The largest absolute Gasteiger partial charge is 0.460 e. The van der Waals surface area contributed by atoms with Gasteiger partial charge in [-0.1, -0.05) is 76.6 Å². The molecule has 18 nitrogen and oxygen atoms in total. The number of methoxy groups -OCH3 is 2. The number of aliphatic hydroxyl groups is 4. The van der Waals surface area contributed by atoms with Crippen molar-refractivity contribution >= 4 is 39.2 Å². The molecule has 19 heteroatoms. The van der Waals surface area contributed by atoms with Crippen molar-refractivity contribution in [3.05, 3.63) is 47.6 Å². The Bertz CT molecular complexity index is 2090. The Kier molecular flexibility index (Phi) is 24.8. The topological polar surface area (TPSA) is 262 Å². The molecule has 2 bridgehead atoms. The molecule has 1 aliphatic carbocycles. The third-order valence-electron chi connectivity index (χ3n) is 15.3. The van der Waals surface area contributed by atoms with Crippen LogP contribution in [0.4, 0.5) is 0 Å². The first-order valence-corrected chi connectivity index (χ1v) is 27.9. The fourth-order valence-corrected chi connectivity index (χ4v) is 11.8. The maximum absolute atomic E-state index is 14.5. The van der Waals surface area contributed by atoms with E-state index in [4.69, 9.17) is 28.8 Å². The number of cyclic esters (lactones) is 1. The second-order valence-electron chi connectivity index (χ2n) is 21.2. The number of carbonyl (C=O) groups is 5. The van der Waals surface area contributed by atoms with E-state index in [0.29, 0.717) is 62.5 Å². The van der Waals surface area contributed by atoms with Crippen molar-refractivity contribution in [3.63, 3.8) is 0 Å². The van der Waals surface area contributed by atoms with E-state index in [1.54, 1.807) is 72.1 Å². The molecule has 0 aromatic rings. The highest BCUT2D eigenvalue weighted by Crippen LogP contribution is 2.38. The minimum atomic E-state index is -3.99. The zero-order valence-corrected chi connectivity index (χ0v) is 45.4. The molecule has 0 aromatic carbocycles. The van der Waals surface area contributed by atoms with Gasteiger partial charge in [0.25, 0.3) is 11.7 Å². The minimum absolute atomic E-state index is 0.00481. The van der Waals surface area contributed by atoms with E-state index >= 15 is 0 Å². The number of ketones is 3.